The van der Waals surface area contributed by atoms with E-state index in [-0.39, 0.29) is 19.9 Å². The molecule has 232 valence electrons. The fourth-order valence-electron chi connectivity index (χ4n) is 8.30. The molecule has 2 heteroatoms. The van der Waals surface area contributed by atoms with Gasteiger partial charge in [-0.1, -0.05) is 18.2 Å². The van der Waals surface area contributed by atoms with Crippen LogP contribution in [0.1, 0.15) is 25.0 Å². The van der Waals surface area contributed by atoms with Crippen LogP contribution in [-0.2, 0) is 5.41 Å². The molecule has 1 aromatic heterocycles. The van der Waals surface area contributed by atoms with Crippen LogP contribution >= 0.6 is 0 Å². The molecule has 0 amide bonds. The summed E-state index contributed by atoms with van der Waals surface area (Å²) in [6.07, 6.45) is 0. The van der Waals surface area contributed by atoms with E-state index in [1.807, 2.05) is 0 Å². The molecule has 0 saturated heterocycles. The maximum absolute atomic E-state index is 2.52. The Morgan fingerprint density at radius 3 is 1.98 bits per heavy atom. The second-order valence-corrected chi connectivity index (χ2v) is 15.9. The average molecular weight is 691 g/mol. The fourth-order valence-corrected chi connectivity index (χ4v) is 11.0. The number of benzene rings is 8. The first kappa shape index (κ1) is 28.6. The van der Waals surface area contributed by atoms with Crippen LogP contribution in [0.3, 0.4) is 0 Å². The first-order chi connectivity index (χ1) is 24.1. The first-order valence-electron chi connectivity index (χ1n) is 17.0. The third-order valence-corrected chi connectivity index (χ3v) is 13.2. The van der Waals surface area contributed by atoms with Gasteiger partial charge in [0.05, 0.1) is 0 Å². The molecular weight excluding hydrogens is 657 g/mol. The molecule has 0 fully saturated rings. The van der Waals surface area contributed by atoms with Crippen molar-refractivity contribution in [3.8, 4) is 22.3 Å². The number of nitrogens with zero attached hydrogens (tertiary/aromatic N) is 1. The average Bonchev–Trinajstić information content (AvgIpc) is 3.65. The third-order valence-electron chi connectivity index (χ3n) is 10.7. The van der Waals surface area contributed by atoms with Crippen LogP contribution in [0.5, 0.6) is 0 Å². The molecule has 1 aliphatic carbocycles. The van der Waals surface area contributed by atoms with E-state index in [1.54, 1.807) is 0 Å². The van der Waals surface area contributed by atoms with Gasteiger partial charge in [0.25, 0.3) is 0 Å². The Hall–Kier alpha value is -5.40. The van der Waals surface area contributed by atoms with Gasteiger partial charge in [0.15, 0.2) is 0 Å². The van der Waals surface area contributed by atoms with Crippen molar-refractivity contribution in [2.24, 2.45) is 0 Å². The Labute approximate surface area is 292 Å². The van der Waals surface area contributed by atoms with E-state index in [9.17, 15) is 0 Å². The number of hydrogen-bond acceptors (Lipinski definition) is 1. The molecule has 1 nitrogen and oxygen atoms in total. The molecule has 0 aliphatic heterocycles. The Kier molecular flexibility index (Phi) is 6.31. The van der Waals surface area contributed by atoms with Gasteiger partial charge in [-0.05, 0) is 0 Å². The molecule has 49 heavy (non-hydrogen) atoms. The van der Waals surface area contributed by atoms with Crippen LogP contribution < -0.4 is 4.90 Å². The standard InChI is InChI=1S/C47H33NSe/c1-47(2)39-17-8-6-15-38(39)45-40(47)18-11-20-42(45)48(33-26-22-31(23-27-33)30-12-4-3-5-13-30)41-19-10-16-36-34(41)28-24-32-25-29-37-35-14-7-9-21-43(35)49-46(37)44(32)36/h3-29H,1-2H3. The number of hydrogen-bond donors (Lipinski definition) is 0. The Morgan fingerprint density at radius 2 is 1.12 bits per heavy atom. The molecule has 0 spiro atoms. The molecule has 0 radical (unpaired) electrons. The van der Waals surface area contributed by atoms with Crippen molar-refractivity contribution < 1.29 is 0 Å². The molecule has 1 heterocycles. The number of anilines is 3. The van der Waals surface area contributed by atoms with Gasteiger partial charge in [-0.15, -0.1) is 0 Å². The Bertz CT molecular complexity index is 2730. The molecule has 1 aliphatic rings. The van der Waals surface area contributed by atoms with Gasteiger partial charge in [-0.25, -0.2) is 0 Å². The molecule has 9 aromatic rings. The summed E-state index contributed by atoms with van der Waals surface area (Å²) < 4.78 is 2.98. The van der Waals surface area contributed by atoms with Crippen LogP contribution in [-0.4, -0.2) is 14.5 Å². The summed E-state index contributed by atoms with van der Waals surface area (Å²) in [6, 6.07) is 60.9. The van der Waals surface area contributed by atoms with E-state index in [2.05, 4.69) is 183 Å². The molecular formula is C47H33NSe. The van der Waals surface area contributed by atoms with Gasteiger partial charge in [0.2, 0.25) is 0 Å². The molecule has 0 unspecified atom stereocenters. The van der Waals surface area contributed by atoms with Crippen molar-refractivity contribution in [2.75, 3.05) is 4.90 Å². The molecule has 0 bridgehead atoms. The summed E-state index contributed by atoms with van der Waals surface area (Å²) in [6.45, 7) is 4.73. The van der Waals surface area contributed by atoms with E-state index in [4.69, 9.17) is 0 Å². The second-order valence-electron chi connectivity index (χ2n) is 13.7. The van der Waals surface area contributed by atoms with E-state index >= 15 is 0 Å². The normalized spacial score (nSPS) is 13.3. The molecule has 0 saturated carbocycles. The van der Waals surface area contributed by atoms with E-state index in [0.29, 0.717) is 0 Å². The summed E-state index contributed by atoms with van der Waals surface area (Å²) in [7, 11) is 0. The minimum absolute atomic E-state index is 0.0859. The zero-order chi connectivity index (χ0) is 32.7. The van der Waals surface area contributed by atoms with Crippen molar-refractivity contribution in [3.05, 3.63) is 175 Å². The monoisotopic (exact) mass is 691 g/mol. The molecule has 10 rings (SSSR count). The van der Waals surface area contributed by atoms with Crippen molar-refractivity contribution in [2.45, 2.75) is 19.3 Å². The van der Waals surface area contributed by atoms with E-state index in [0.717, 1.165) is 5.69 Å². The minimum atomic E-state index is -0.0859. The fraction of sp³-hybridized carbons (Fsp3) is 0.0638. The summed E-state index contributed by atoms with van der Waals surface area (Å²) >= 11 is 0.262. The number of rotatable bonds is 4. The topological polar surface area (TPSA) is 3.24 Å². The quantitative estimate of drug-likeness (QED) is 0.131. The first-order valence-corrected chi connectivity index (χ1v) is 18.7. The second kappa shape index (κ2) is 10.8. The van der Waals surface area contributed by atoms with Gasteiger partial charge in [0.1, 0.15) is 0 Å². The number of fused-ring (bicyclic) bond motifs is 10. The Balaban J connectivity index is 1.27. The van der Waals surface area contributed by atoms with Gasteiger partial charge < -0.3 is 0 Å². The summed E-state index contributed by atoms with van der Waals surface area (Å²) in [4.78, 5) is 2.52. The van der Waals surface area contributed by atoms with Crippen molar-refractivity contribution in [3.63, 3.8) is 0 Å². The predicted octanol–water partition coefficient (Wildman–Crippen LogP) is 12.8. The Morgan fingerprint density at radius 1 is 0.469 bits per heavy atom. The maximum atomic E-state index is 2.52. The summed E-state index contributed by atoms with van der Waals surface area (Å²) in [5, 5.41) is 8.10. The summed E-state index contributed by atoms with van der Waals surface area (Å²) in [5.74, 6) is 0. The van der Waals surface area contributed by atoms with Crippen LogP contribution in [0.15, 0.2) is 164 Å². The van der Waals surface area contributed by atoms with E-state index in [1.165, 1.54) is 85.6 Å². The van der Waals surface area contributed by atoms with Gasteiger partial charge in [-0.3, -0.25) is 0 Å². The van der Waals surface area contributed by atoms with Gasteiger partial charge >= 0.3 is 276 Å². The van der Waals surface area contributed by atoms with Crippen molar-refractivity contribution in [1.82, 2.24) is 0 Å². The van der Waals surface area contributed by atoms with Crippen molar-refractivity contribution in [1.29, 1.82) is 0 Å². The SMILES string of the molecule is CC1(C)c2ccccc2-c2c(N(c3ccc(-c4ccccc4)cc3)c3cccc4c3ccc3ccc5c6ccccc6[se]c5c34)cccc21. The van der Waals surface area contributed by atoms with Crippen LogP contribution in [0.25, 0.3) is 63.1 Å². The van der Waals surface area contributed by atoms with Crippen molar-refractivity contribution >= 4 is 72.4 Å². The van der Waals surface area contributed by atoms with E-state index < -0.39 is 0 Å². The molecule has 0 atom stereocenters. The van der Waals surface area contributed by atoms with Gasteiger partial charge in [-0.2, -0.15) is 0 Å². The van der Waals surface area contributed by atoms with Crippen LogP contribution in [0.2, 0.25) is 0 Å². The molecule has 0 N–H and O–H groups in total. The summed E-state index contributed by atoms with van der Waals surface area (Å²) in [5.41, 5.74) is 11.3. The zero-order valence-electron chi connectivity index (χ0n) is 27.4. The van der Waals surface area contributed by atoms with Gasteiger partial charge in [0, 0.05) is 0 Å². The third kappa shape index (κ3) is 4.25. The molecule has 8 aromatic carbocycles. The van der Waals surface area contributed by atoms with Crippen LogP contribution in [0, 0.1) is 0 Å². The predicted molar refractivity (Wildman–Crippen MR) is 211 cm³/mol. The zero-order valence-corrected chi connectivity index (χ0v) is 29.2. The van der Waals surface area contributed by atoms with Crippen LogP contribution in [0.4, 0.5) is 17.1 Å².